The lowest BCUT2D eigenvalue weighted by molar-refractivity contribution is 0.0219. The van der Waals surface area contributed by atoms with Gasteiger partial charge in [-0.2, -0.15) is 0 Å². The van der Waals surface area contributed by atoms with Gasteiger partial charge >= 0.3 is 6.09 Å². The Morgan fingerprint density at radius 2 is 2.00 bits per heavy atom. The smallest absolute Gasteiger partial charge is 0.410 e. The molecule has 3 aromatic rings. The van der Waals surface area contributed by atoms with E-state index in [4.69, 9.17) is 14.5 Å². The molecule has 0 aliphatic carbocycles. The van der Waals surface area contributed by atoms with Gasteiger partial charge in [-0.3, -0.25) is 4.72 Å². The van der Waals surface area contributed by atoms with E-state index < -0.39 is 5.60 Å². The number of carbonyl (C=O) groups excluding carboxylic acids is 1. The molecular weight excluding hydrogens is 424 g/mol. The Morgan fingerprint density at radius 1 is 1.25 bits per heavy atom. The molecule has 0 spiro atoms. The first-order valence-corrected chi connectivity index (χ1v) is 11.5. The molecule has 1 N–H and O–H groups in total. The molecule has 2 aromatic heterocycles. The van der Waals surface area contributed by atoms with E-state index in [0.717, 1.165) is 33.8 Å². The number of aromatic nitrogens is 2. The van der Waals surface area contributed by atoms with E-state index >= 15 is 0 Å². The molecule has 0 radical (unpaired) electrons. The minimum absolute atomic E-state index is 0.279. The molecule has 1 amide bonds. The predicted molar refractivity (Wildman–Crippen MR) is 127 cm³/mol. The van der Waals surface area contributed by atoms with Crippen LogP contribution in [0.4, 0.5) is 4.79 Å². The van der Waals surface area contributed by atoms with Gasteiger partial charge < -0.3 is 18.9 Å². The molecular formula is C24H30N4O3S. The molecule has 4 rings (SSSR count). The molecule has 170 valence electrons. The van der Waals surface area contributed by atoms with Crippen molar-refractivity contribution < 1.29 is 14.3 Å². The van der Waals surface area contributed by atoms with E-state index in [1.807, 2.05) is 33.9 Å². The number of pyridine rings is 1. The van der Waals surface area contributed by atoms with Crippen LogP contribution in [0.5, 0.6) is 5.75 Å². The highest BCUT2D eigenvalue weighted by atomic mass is 32.2. The molecule has 0 saturated heterocycles. The van der Waals surface area contributed by atoms with Crippen LogP contribution in [-0.4, -0.2) is 46.8 Å². The predicted octanol–water partition coefficient (Wildman–Crippen LogP) is 4.61. The normalized spacial score (nSPS) is 13.8. The lowest BCUT2D eigenvalue weighted by atomic mass is 10.0. The van der Waals surface area contributed by atoms with Gasteiger partial charge in [-0.15, -0.1) is 0 Å². The van der Waals surface area contributed by atoms with Crippen molar-refractivity contribution in [1.29, 1.82) is 0 Å². The third-order valence-corrected chi connectivity index (χ3v) is 6.15. The fourth-order valence-electron chi connectivity index (χ4n) is 4.02. The summed E-state index contributed by atoms with van der Waals surface area (Å²) in [6.45, 7) is 7.47. The van der Waals surface area contributed by atoms with Gasteiger partial charge in [-0.1, -0.05) is 12.1 Å². The van der Waals surface area contributed by atoms with Crippen molar-refractivity contribution in [3.05, 3.63) is 53.3 Å². The van der Waals surface area contributed by atoms with Crippen LogP contribution >= 0.6 is 11.9 Å². The molecule has 0 saturated carbocycles. The first kappa shape index (κ1) is 22.5. The van der Waals surface area contributed by atoms with Crippen molar-refractivity contribution in [2.45, 2.75) is 50.8 Å². The third kappa shape index (κ3) is 4.71. The topological polar surface area (TPSA) is 68.6 Å². The number of rotatable bonds is 5. The van der Waals surface area contributed by atoms with Gasteiger partial charge in [0.05, 0.1) is 19.9 Å². The second-order valence-corrected chi connectivity index (χ2v) is 9.94. The zero-order valence-corrected chi connectivity index (χ0v) is 20.1. The zero-order chi connectivity index (χ0) is 22.9. The SMILES string of the molecule is CNSc1ccc(Cn2c3c(c4cc(OC)cnc42)CCN(C(=O)OC(C)(C)C)C3)cc1. The van der Waals surface area contributed by atoms with Crippen LogP contribution < -0.4 is 9.46 Å². The maximum Gasteiger partial charge on any atom is 0.410 e. The Bertz CT molecular complexity index is 1120. The van der Waals surface area contributed by atoms with Gasteiger partial charge in [0, 0.05) is 29.1 Å². The summed E-state index contributed by atoms with van der Waals surface area (Å²) in [5.41, 5.74) is 3.90. The van der Waals surface area contributed by atoms with Gasteiger partial charge in [-0.25, -0.2) is 9.78 Å². The van der Waals surface area contributed by atoms with Crippen LogP contribution in [-0.2, 0) is 24.2 Å². The van der Waals surface area contributed by atoms with E-state index in [2.05, 4.69) is 33.6 Å². The van der Waals surface area contributed by atoms with Crippen molar-refractivity contribution in [2.24, 2.45) is 0 Å². The maximum atomic E-state index is 12.8. The Hall–Kier alpha value is -2.71. The number of ether oxygens (including phenoxy) is 2. The number of carbonyl (C=O) groups is 1. The van der Waals surface area contributed by atoms with Gasteiger partial charge in [0.2, 0.25) is 0 Å². The number of benzene rings is 1. The lowest BCUT2D eigenvalue weighted by Gasteiger charge is -2.31. The minimum Gasteiger partial charge on any atom is -0.495 e. The molecule has 7 nitrogen and oxygen atoms in total. The Labute approximate surface area is 193 Å². The fourth-order valence-corrected chi connectivity index (χ4v) is 4.52. The van der Waals surface area contributed by atoms with Crippen LogP contribution in [0.1, 0.15) is 37.6 Å². The summed E-state index contributed by atoms with van der Waals surface area (Å²) in [5, 5.41) is 1.09. The molecule has 0 fully saturated rings. The first-order chi connectivity index (χ1) is 15.3. The van der Waals surface area contributed by atoms with Crippen molar-refractivity contribution in [3.8, 4) is 5.75 Å². The Morgan fingerprint density at radius 3 is 2.66 bits per heavy atom. The van der Waals surface area contributed by atoms with Gasteiger partial charge in [0.1, 0.15) is 17.0 Å². The molecule has 0 unspecified atom stereocenters. The summed E-state index contributed by atoms with van der Waals surface area (Å²) in [4.78, 5) is 20.4. The maximum absolute atomic E-state index is 12.8. The van der Waals surface area contributed by atoms with Crippen LogP contribution in [0.3, 0.4) is 0 Å². The highest BCUT2D eigenvalue weighted by molar-refractivity contribution is 7.97. The monoisotopic (exact) mass is 454 g/mol. The standard InChI is InChI=1S/C24H30N4O3S/c1-24(2,3)31-23(29)27-11-10-19-20-12-17(30-5)13-26-22(20)28(21(19)15-27)14-16-6-8-18(9-7-16)32-25-4/h6-9,12-13,25H,10-11,14-15H2,1-5H3. The van der Waals surface area contributed by atoms with Crippen LogP contribution in [0.15, 0.2) is 41.4 Å². The van der Waals surface area contributed by atoms with Crippen molar-refractivity contribution in [1.82, 2.24) is 19.2 Å². The largest absolute Gasteiger partial charge is 0.495 e. The molecule has 1 aliphatic rings. The van der Waals surface area contributed by atoms with Crippen molar-refractivity contribution >= 4 is 29.1 Å². The first-order valence-electron chi connectivity index (χ1n) is 10.7. The second-order valence-electron chi connectivity index (χ2n) is 8.86. The average Bonchev–Trinajstić information content (AvgIpc) is 3.06. The number of nitrogens with one attached hydrogen (secondary N) is 1. The van der Waals surface area contributed by atoms with E-state index in [1.54, 1.807) is 30.2 Å². The highest BCUT2D eigenvalue weighted by Gasteiger charge is 2.30. The summed E-state index contributed by atoms with van der Waals surface area (Å²) in [6, 6.07) is 10.5. The molecule has 0 bridgehead atoms. The Balaban J connectivity index is 1.71. The average molecular weight is 455 g/mol. The van der Waals surface area contributed by atoms with Crippen molar-refractivity contribution in [2.75, 3.05) is 20.7 Å². The number of hydrogen-bond donors (Lipinski definition) is 1. The summed E-state index contributed by atoms with van der Waals surface area (Å²) in [7, 11) is 3.56. The lowest BCUT2D eigenvalue weighted by Crippen LogP contribution is -2.40. The van der Waals surface area contributed by atoms with Gasteiger partial charge in [0.25, 0.3) is 0 Å². The van der Waals surface area contributed by atoms with E-state index in [0.29, 0.717) is 19.6 Å². The van der Waals surface area contributed by atoms with Crippen LogP contribution in [0.2, 0.25) is 0 Å². The van der Waals surface area contributed by atoms with Crippen LogP contribution in [0, 0.1) is 0 Å². The summed E-state index contributed by atoms with van der Waals surface area (Å²) in [5.74, 6) is 0.737. The van der Waals surface area contributed by atoms with E-state index in [-0.39, 0.29) is 6.09 Å². The number of amides is 1. The van der Waals surface area contributed by atoms with Gasteiger partial charge in [-0.05, 0) is 75.5 Å². The van der Waals surface area contributed by atoms with Crippen molar-refractivity contribution in [3.63, 3.8) is 0 Å². The van der Waals surface area contributed by atoms with E-state index in [1.165, 1.54) is 11.1 Å². The number of nitrogens with zero attached hydrogens (tertiary/aromatic N) is 3. The number of hydrogen-bond acceptors (Lipinski definition) is 6. The third-order valence-electron chi connectivity index (χ3n) is 5.44. The molecule has 32 heavy (non-hydrogen) atoms. The molecule has 0 atom stereocenters. The molecule has 1 aromatic carbocycles. The molecule has 1 aliphatic heterocycles. The second kappa shape index (κ2) is 9.03. The summed E-state index contributed by atoms with van der Waals surface area (Å²) >= 11 is 1.59. The van der Waals surface area contributed by atoms with Gasteiger partial charge in [0.15, 0.2) is 0 Å². The molecule has 8 heteroatoms. The quantitative estimate of drug-likeness (QED) is 0.568. The minimum atomic E-state index is -0.522. The summed E-state index contributed by atoms with van der Waals surface area (Å²) in [6.07, 6.45) is 2.23. The summed E-state index contributed by atoms with van der Waals surface area (Å²) < 4.78 is 16.4. The highest BCUT2D eigenvalue weighted by Crippen LogP contribution is 2.33. The number of fused-ring (bicyclic) bond motifs is 3. The molecule has 3 heterocycles. The Kier molecular flexibility index (Phi) is 6.35. The van der Waals surface area contributed by atoms with E-state index in [9.17, 15) is 4.79 Å². The zero-order valence-electron chi connectivity index (χ0n) is 19.3. The van der Waals surface area contributed by atoms with Crippen LogP contribution in [0.25, 0.3) is 11.0 Å². The fraction of sp³-hybridized carbons (Fsp3) is 0.417. The number of methoxy groups -OCH3 is 1.